The van der Waals surface area contributed by atoms with Gasteiger partial charge in [-0.05, 0) is 19.1 Å². The van der Waals surface area contributed by atoms with Crippen LogP contribution in [0.4, 0.5) is 5.69 Å². The molecule has 0 aliphatic rings. The molecule has 0 fully saturated rings. The smallest absolute Gasteiger partial charge is 0.344 e. The largest absolute Gasteiger partial charge is 0.493 e. The molecular formula is C10H13NO4. The summed E-state index contributed by atoms with van der Waals surface area (Å²) in [6.07, 6.45) is -0.928. The van der Waals surface area contributed by atoms with Crippen molar-refractivity contribution >= 4 is 11.7 Å². The molecule has 15 heavy (non-hydrogen) atoms. The third-order valence-electron chi connectivity index (χ3n) is 1.84. The highest BCUT2D eigenvalue weighted by Crippen LogP contribution is 2.29. The topological polar surface area (TPSA) is 81.8 Å². The molecule has 0 aliphatic carbocycles. The summed E-state index contributed by atoms with van der Waals surface area (Å²) in [5.74, 6) is -0.251. The van der Waals surface area contributed by atoms with Gasteiger partial charge in [-0.2, -0.15) is 0 Å². The summed E-state index contributed by atoms with van der Waals surface area (Å²) in [6.45, 7) is 1.44. The van der Waals surface area contributed by atoms with Crippen molar-refractivity contribution in [2.45, 2.75) is 13.0 Å². The maximum atomic E-state index is 10.6. The van der Waals surface area contributed by atoms with E-state index in [1.165, 1.54) is 14.0 Å². The molecule has 0 heterocycles. The van der Waals surface area contributed by atoms with Gasteiger partial charge in [0.2, 0.25) is 0 Å². The molecule has 5 heteroatoms. The van der Waals surface area contributed by atoms with Crippen LogP contribution in [-0.4, -0.2) is 24.3 Å². The van der Waals surface area contributed by atoms with Gasteiger partial charge in [0.1, 0.15) is 0 Å². The first-order chi connectivity index (χ1) is 7.04. The van der Waals surface area contributed by atoms with Gasteiger partial charge in [-0.3, -0.25) is 0 Å². The minimum Gasteiger partial charge on any atom is -0.493 e. The average molecular weight is 211 g/mol. The molecule has 1 aromatic rings. The number of ether oxygens (including phenoxy) is 2. The van der Waals surface area contributed by atoms with E-state index >= 15 is 0 Å². The molecule has 0 saturated heterocycles. The Morgan fingerprint density at radius 3 is 2.67 bits per heavy atom. The number of hydrogen-bond acceptors (Lipinski definition) is 4. The van der Waals surface area contributed by atoms with E-state index in [1.54, 1.807) is 18.2 Å². The summed E-state index contributed by atoms with van der Waals surface area (Å²) in [4.78, 5) is 10.6. The SMILES string of the molecule is COc1cc(N)ccc1OC(C)C(=O)O. The van der Waals surface area contributed by atoms with Gasteiger partial charge < -0.3 is 20.3 Å². The first-order valence-corrected chi connectivity index (χ1v) is 4.37. The molecule has 82 valence electrons. The van der Waals surface area contributed by atoms with Crippen molar-refractivity contribution in [1.29, 1.82) is 0 Å². The molecule has 0 saturated carbocycles. The lowest BCUT2D eigenvalue weighted by molar-refractivity contribution is -0.144. The molecule has 1 rings (SSSR count). The van der Waals surface area contributed by atoms with Gasteiger partial charge in [0, 0.05) is 11.8 Å². The van der Waals surface area contributed by atoms with Crippen molar-refractivity contribution in [3.05, 3.63) is 18.2 Å². The highest BCUT2D eigenvalue weighted by atomic mass is 16.5. The summed E-state index contributed by atoms with van der Waals surface area (Å²) in [5.41, 5.74) is 6.07. The zero-order chi connectivity index (χ0) is 11.4. The van der Waals surface area contributed by atoms with E-state index < -0.39 is 12.1 Å². The van der Waals surface area contributed by atoms with Gasteiger partial charge in [-0.25, -0.2) is 4.79 Å². The fraction of sp³-hybridized carbons (Fsp3) is 0.300. The molecule has 1 unspecified atom stereocenters. The standard InChI is InChI=1S/C10H13NO4/c1-6(10(12)13)15-8-4-3-7(11)5-9(8)14-2/h3-6H,11H2,1-2H3,(H,12,13). The van der Waals surface area contributed by atoms with Gasteiger partial charge in [0.05, 0.1) is 7.11 Å². The molecule has 0 aromatic heterocycles. The number of anilines is 1. The molecule has 0 radical (unpaired) electrons. The number of carboxylic acid groups (broad SMARTS) is 1. The van der Waals surface area contributed by atoms with Crippen molar-refractivity contribution < 1.29 is 19.4 Å². The Morgan fingerprint density at radius 1 is 1.47 bits per heavy atom. The fourth-order valence-corrected chi connectivity index (χ4v) is 1.02. The van der Waals surface area contributed by atoms with Crippen molar-refractivity contribution in [3.63, 3.8) is 0 Å². The molecule has 0 aliphatic heterocycles. The summed E-state index contributed by atoms with van der Waals surface area (Å²) in [7, 11) is 1.47. The summed E-state index contributed by atoms with van der Waals surface area (Å²) in [6, 6.07) is 4.77. The molecule has 1 aromatic carbocycles. The molecule has 0 bridgehead atoms. The van der Waals surface area contributed by atoms with Crippen LogP contribution in [0.3, 0.4) is 0 Å². The van der Waals surface area contributed by atoms with Crippen LogP contribution in [0.15, 0.2) is 18.2 Å². The van der Waals surface area contributed by atoms with E-state index in [0.29, 0.717) is 17.2 Å². The van der Waals surface area contributed by atoms with Crippen LogP contribution < -0.4 is 15.2 Å². The number of aliphatic carboxylic acids is 1. The lowest BCUT2D eigenvalue weighted by Gasteiger charge is -2.13. The molecule has 1 atom stereocenters. The van der Waals surface area contributed by atoms with Crippen LogP contribution in [-0.2, 0) is 4.79 Å². The fourth-order valence-electron chi connectivity index (χ4n) is 1.02. The Kier molecular flexibility index (Phi) is 3.38. The molecule has 0 spiro atoms. The molecule has 5 nitrogen and oxygen atoms in total. The second-order valence-corrected chi connectivity index (χ2v) is 3.01. The van der Waals surface area contributed by atoms with Crippen LogP contribution in [0, 0.1) is 0 Å². The number of nitrogens with two attached hydrogens (primary N) is 1. The van der Waals surface area contributed by atoms with Crippen molar-refractivity contribution in [3.8, 4) is 11.5 Å². The van der Waals surface area contributed by atoms with Crippen LogP contribution in [0.5, 0.6) is 11.5 Å². The summed E-state index contributed by atoms with van der Waals surface area (Å²) in [5, 5.41) is 8.67. The second kappa shape index (κ2) is 4.54. The van der Waals surface area contributed by atoms with Gasteiger partial charge in [-0.15, -0.1) is 0 Å². The van der Waals surface area contributed by atoms with Gasteiger partial charge >= 0.3 is 5.97 Å². The van der Waals surface area contributed by atoms with Gasteiger partial charge in [-0.1, -0.05) is 0 Å². The van der Waals surface area contributed by atoms with E-state index in [9.17, 15) is 4.79 Å². The number of nitrogen functional groups attached to an aromatic ring is 1. The van der Waals surface area contributed by atoms with E-state index in [1.807, 2.05) is 0 Å². The zero-order valence-electron chi connectivity index (χ0n) is 8.56. The minimum absolute atomic E-state index is 0.363. The van der Waals surface area contributed by atoms with E-state index in [2.05, 4.69) is 0 Å². The predicted octanol–water partition coefficient (Wildman–Crippen LogP) is 1.13. The number of hydrogen-bond donors (Lipinski definition) is 2. The van der Waals surface area contributed by atoms with Crippen LogP contribution in [0.25, 0.3) is 0 Å². The van der Waals surface area contributed by atoms with E-state index in [-0.39, 0.29) is 0 Å². The summed E-state index contributed by atoms with van der Waals surface area (Å²) < 4.78 is 10.2. The maximum absolute atomic E-state index is 10.6. The maximum Gasteiger partial charge on any atom is 0.344 e. The van der Waals surface area contributed by atoms with Crippen molar-refractivity contribution in [2.75, 3.05) is 12.8 Å². The van der Waals surface area contributed by atoms with E-state index in [4.69, 9.17) is 20.3 Å². The number of benzene rings is 1. The van der Waals surface area contributed by atoms with Crippen molar-refractivity contribution in [1.82, 2.24) is 0 Å². The number of carbonyl (C=O) groups is 1. The third-order valence-corrected chi connectivity index (χ3v) is 1.84. The monoisotopic (exact) mass is 211 g/mol. The first-order valence-electron chi connectivity index (χ1n) is 4.37. The van der Waals surface area contributed by atoms with E-state index in [0.717, 1.165) is 0 Å². The zero-order valence-corrected chi connectivity index (χ0v) is 8.56. The third kappa shape index (κ3) is 2.77. The minimum atomic E-state index is -1.03. The number of methoxy groups -OCH3 is 1. The van der Waals surface area contributed by atoms with Crippen LogP contribution in [0.1, 0.15) is 6.92 Å². The number of rotatable bonds is 4. The molecular weight excluding hydrogens is 198 g/mol. The van der Waals surface area contributed by atoms with Crippen LogP contribution in [0.2, 0.25) is 0 Å². The normalized spacial score (nSPS) is 11.9. The lowest BCUT2D eigenvalue weighted by atomic mass is 10.3. The quantitative estimate of drug-likeness (QED) is 0.729. The Bertz CT molecular complexity index is 364. The first kappa shape index (κ1) is 11.2. The van der Waals surface area contributed by atoms with Gasteiger partial charge in [0.15, 0.2) is 17.6 Å². The van der Waals surface area contributed by atoms with Gasteiger partial charge in [0.25, 0.3) is 0 Å². The number of carboxylic acids is 1. The lowest BCUT2D eigenvalue weighted by Crippen LogP contribution is -2.23. The average Bonchev–Trinajstić information content (AvgIpc) is 2.20. The molecule has 3 N–H and O–H groups in total. The molecule has 0 amide bonds. The Balaban J connectivity index is 2.89. The second-order valence-electron chi connectivity index (χ2n) is 3.01. The predicted molar refractivity (Wildman–Crippen MR) is 55.1 cm³/mol. The summed E-state index contributed by atoms with van der Waals surface area (Å²) >= 11 is 0. The Labute approximate surface area is 87.4 Å². The Morgan fingerprint density at radius 2 is 2.13 bits per heavy atom. The van der Waals surface area contributed by atoms with Crippen LogP contribution >= 0.6 is 0 Å². The highest BCUT2D eigenvalue weighted by molar-refractivity contribution is 5.72. The highest BCUT2D eigenvalue weighted by Gasteiger charge is 2.15. The van der Waals surface area contributed by atoms with Crippen molar-refractivity contribution in [2.24, 2.45) is 0 Å². The Hall–Kier alpha value is -1.91.